The Kier molecular flexibility index (Phi) is 10.8. The van der Waals surface area contributed by atoms with E-state index in [2.05, 4.69) is 75.4 Å². The summed E-state index contributed by atoms with van der Waals surface area (Å²) in [6, 6.07) is 17.7. The number of benzene rings is 2. The molecule has 2 nitrogen and oxygen atoms in total. The summed E-state index contributed by atoms with van der Waals surface area (Å²) in [5.74, 6) is 0. The summed E-state index contributed by atoms with van der Waals surface area (Å²) in [4.78, 5) is 0. The van der Waals surface area contributed by atoms with Gasteiger partial charge in [0, 0.05) is 22.8 Å². The normalized spacial score (nSPS) is 13.6. The van der Waals surface area contributed by atoms with Gasteiger partial charge in [0.1, 0.15) is 0 Å². The van der Waals surface area contributed by atoms with E-state index in [4.69, 9.17) is 0 Å². The lowest BCUT2D eigenvalue weighted by atomic mass is 9.99. The van der Waals surface area contributed by atoms with Crippen molar-refractivity contribution in [2.24, 2.45) is 0 Å². The van der Waals surface area contributed by atoms with Gasteiger partial charge in [-0.15, -0.1) is 0 Å². The van der Waals surface area contributed by atoms with E-state index in [0.717, 1.165) is 48.2 Å². The van der Waals surface area contributed by atoms with E-state index in [1.165, 1.54) is 79.2 Å². The van der Waals surface area contributed by atoms with E-state index >= 15 is 0 Å². The van der Waals surface area contributed by atoms with Crippen LogP contribution in [0.2, 0.25) is 0 Å². The lowest BCUT2D eigenvalue weighted by Crippen LogP contribution is -2.02. The number of aryl methyl sites for hydroxylation is 2. The minimum Gasteiger partial charge on any atom is -0.493 e. The second-order valence-electron chi connectivity index (χ2n) is 9.83. The van der Waals surface area contributed by atoms with Crippen LogP contribution in [0.25, 0.3) is 16.9 Å². The first-order valence-electron chi connectivity index (χ1n) is 13.8. The molecule has 2 aromatic rings. The molecule has 2 aromatic carbocycles. The van der Waals surface area contributed by atoms with Crippen LogP contribution >= 0.6 is 0 Å². The number of hydrogen-bond acceptors (Lipinski definition) is 0. The third kappa shape index (κ3) is 7.26. The third-order valence-corrected chi connectivity index (χ3v) is 6.97. The molecule has 0 aromatic heterocycles. The largest absolute Gasteiger partial charge is 0.493 e. The fourth-order valence-corrected chi connectivity index (χ4v) is 4.83. The molecule has 0 atom stereocenters. The molecule has 3 rings (SSSR count). The van der Waals surface area contributed by atoms with Crippen molar-refractivity contribution in [2.75, 3.05) is 0 Å². The molecule has 0 spiro atoms. The monoisotopic (exact) mass is 456 g/mol. The van der Waals surface area contributed by atoms with Gasteiger partial charge < -0.3 is 5.53 Å². The molecule has 1 aliphatic heterocycles. The van der Waals surface area contributed by atoms with E-state index in [-0.39, 0.29) is 0 Å². The fraction of sp³-hybridized carbons (Fsp3) is 0.500. The quantitative estimate of drug-likeness (QED) is 0.188. The van der Waals surface area contributed by atoms with E-state index < -0.39 is 0 Å². The van der Waals surface area contributed by atoms with Crippen molar-refractivity contribution in [3.05, 3.63) is 88.0 Å². The molecule has 0 unspecified atom stereocenters. The highest BCUT2D eigenvalue weighted by Gasteiger charge is 2.28. The standard InChI is InChI=1S/C32H44N2/c1-4-7-10-13-16-30-25-31(28-21-17-26(18-22-28)14-11-8-5-2)34(33)32(30)29-23-19-27(20-24-29)15-12-9-6-3/h17-25H,4-16H2,1-3H3. The topological polar surface area (TPSA) is 25.3 Å². The first kappa shape index (κ1) is 26.1. The average molecular weight is 457 g/mol. The summed E-state index contributed by atoms with van der Waals surface area (Å²) in [6.45, 7) is 6.75. The highest BCUT2D eigenvalue weighted by atomic mass is 15.2. The van der Waals surface area contributed by atoms with Gasteiger partial charge >= 0.3 is 0 Å². The first-order chi connectivity index (χ1) is 16.7. The first-order valence-corrected chi connectivity index (χ1v) is 13.8. The lowest BCUT2D eigenvalue weighted by Gasteiger charge is -2.11. The van der Waals surface area contributed by atoms with Gasteiger partial charge in [0.25, 0.3) is 0 Å². The van der Waals surface area contributed by atoms with Gasteiger partial charge in [-0.05, 0) is 73.9 Å². The molecule has 1 heterocycles. The maximum Gasteiger partial charge on any atom is 0.210 e. The van der Waals surface area contributed by atoms with Gasteiger partial charge in [0.15, 0.2) is 0 Å². The highest BCUT2D eigenvalue weighted by molar-refractivity contribution is 5.78. The molecule has 34 heavy (non-hydrogen) atoms. The summed E-state index contributed by atoms with van der Waals surface area (Å²) in [7, 11) is 0. The Hall–Kier alpha value is -2.48. The Morgan fingerprint density at radius 3 is 1.56 bits per heavy atom. The van der Waals surface area contributed by atoms with Crippen molar-refractivity contribution in [3.8, 4) is 0 Å². The smallest absolute Gasteiger partial charge is 0.210 e. The van der Waals surface area contributed by atoms with E-state index in [1.807, 2.05) is 0 Å². The van der Waals surface area contributed by atoms with Crippen LogP contribution in [0, 0.1) is 0 Å². The van der Waals surface area contributed by atoms with Gasteiger partial charge in [-0.25, -0.2) is 4.70 Å². The molecule has 182 valence electrons. The molecule has 1 aliphatic rings. The lowest BCUT2D eigenvalue weighted by molar-refractivity contribution is -0.344. The van der Waals surface area contributed by atoms with Crippen molar-refractivity contribution in [3.63, 3.8) is 0 Å². The highest BCUT2D eigenvalue weighted by Crippen LogP contribution is 2.37. The number of unbranched alkanes of at least 4 members (excludes halogenated alkanes) is 7. The molecule has 0 amide bonds. The maximum absolute atomic E-state index is 11.3. The van der Waals surface area contributed by atoms with E-state index in [0.29, 0.717) is 0 Å². The van der Waals surface area contributed by atoms with Gasteiger partial charge in [0.2, 0.25) is 11.4 Å². The molecule has 0 N–H and O–H groups in total. The van der Waals surface area contributed by atoms with Gasteiger partial charge in [-0.1, -0.05) is 90.0 Å². The fourth-order valence-electron chi connectivity index (χ4n) is 4.83. The van der Waals surface area contributed by atoms with Gasteiger partial charge in [-0.2, -0.15) is 0 Å². The van der Waals surface area contributed by atoms with Crippen LogP contribution in [0.15, 0.2) is 60.2 Å². The minimum absolute atomic E-state index is 0.896. The Balaban J connectivity index is 1.79. The molecule has 0 fully saturated rings. The Labute approximate surface area is 208 Å². The predicted octanol–water partition coefficient (Wildman–Crippen LogP) is 9.92. The minimum atomic E-state index is 0.896. The van der Waals surface area contributed by atoms with Crippen LogP contribution < -0.4 is 0 Å². The molecular formula is C32H44N2. The van der Waals surface area contributed by atoms with Crippen LogP contribution in [-0.4, -0.2) is 4.70 Å². The van der Waals surface area contributed by atoms with Crippen molar-refractivity contribution < 1.29 is 4.70 Å². The SMILES string of the molecule is CCCCCCC1=C(c2ccc(CCCCC)cc2)[N+](=[N-])C(c2ccc(CCCCC)cc2)=C1. The second-order valence-corrected chi connectivity index (χ2v) is 9.83. The number of nitrogens with zero attached hydrogens (tertiary/aromatic N) is 2. The zero-order valence-corrected chi connectivity index (χ0v) is 21.8. The van der Waals surface area contributed by atoms with Crippen molar-refractivity contribution in [2.45, 2.75) is 104 Å². The third-order valence-electron chi connectivity index (χ3n) is 6.97. The second kappa shape index (κ2) is 14.0. The Morgan fingerprint density at radius 2 is 1.03 bits per heavy atom. The van der Waals surface area contributed by atoms with Crippen LogP contribution in [0.1, 0.15) is 114 Å². The molecular weight excluding hydrogens is 412 g/mol. The van der Waals surface area contributed by atoms with Gasteiger partial charge in [-0.3, -0.25) is 0 Å². The number of hydrogen-bond donors (Lipinski definition) is 0. The van der Waals surface area contributed by atoms with Crippen LogP contribution in [0.5, 0.6) is 0 Å². The molecule has 0 saturated heterocycles. The van der Waals surface area contributed by atoms with Crippen LogP contribution in [-0.2, 0) is 12.8 Å². The van der Waals surface area contributed by atoms with Crippen molar-refractivity contribution in [1.82, 2.24) is 0 Å². The Bertz CT molecular complexity index is 961. The van der Waals surface area contributed by atoms with Crippen LogP contribution in [0.4, 0.5) is 0 Å². The molecule has 0 saturated carbocycles. The van der Waals surface area contributed by atoms with Gasteiger partial charge in [0.05, 0.1) is 0 Å². The number of rotatable bonds is 15. The summed E-state index contributed by atoms with van der Waals surface area (Å²) in [5.41, 5.74) is 19.4. The zero-order valence-electron chi connectivity index (χ0n) is 21.8. The Morgan fingerprint density at radius 1 is 0.559 bits per heavy atom. The van der Waals surface area contributed by atoms with E-state index in [1.54, 1.807) is 0 Å². The summed E-state index contributed by atoms with van der Waals surface area (Å²) < 4.78 is 1.44. The summed E-state index contributed by atoms with van der Waals surface area (Å²) >= 11 is 0. The average Bonchev–Trinajstić information content (AvgIpc) is 3.19. The summed E-state index contributed by atoms with van der Waals surface area (Å²) in [5, 5.41) is 0. The van der Waals surface area contributed by atoms with Crippen LogP contribution in [0.3, 0.4) is 0 Å². The predicted molar refractivity (Wildman–Crippen MR) is 147 cm³/mol. The van der Waals surface area contributed by atoms with Crippen molar-refractivity contribution >= 4 is 11.4 Å². The molecule has 0 radical (unpaired) electrons. The number of allylic oxidation sites excluding steroid dienone is 2. The van der Waals surface area contributed by atoms with E-state index in [9.17, 15) is 5.53 Å². The van der Waals surface area contributed by atoms with Crippen molar-refractivity contribution in [1.29, 1.82) is 0 Å². The molecule has 0 aliphatic carbocycles. The zero-order chi connectivity index (χ0) is 24.2. The molecule has 2 heteroatoms. The maximum atomic E-state index is 11.3. The molecule has 0 bridgehead atoms. The summed E-state index contributed by atoms with van der Waals surface area (Å²) in [6.07, 6.45) is 17.9.